The first kappa shape index (κ1) is 13.5. The van der Waals surface area contributed by atoms with E-state index in [0.717, 1.165) is 5.56 Å². The minimum Gasteiger partial charge on any atom is -0.269 e. The van der Waals surface area contributed by atoms with Crippen molar-refractivity contribution in [2.45, 2.75) is 32.2 Å². The maximum absolute atomic E-state index is 12.3. The van der Waals surface area contributed by atoms with Gasteiger partial charge in [-0.1, -0.05) is 6.07 Å². The van der Waals surface area contributed by atoms with E-state index in [9.17, 15) is 8.42 Å². The van der Waals surface area contributed by atoms with Crippen LogP contribution in [0.1, 0.15) is 18.2 Å². The number of nitrogens with zero attached hydrogens (tertiary/aromatic N) is 3. The van der Waals surface area contributed by atoms with Crippen LogP contribution in [0.2, 0.25) is 0 Å². The van der Waals surface area contributed by atoms with Crippen molar-refractivity contribution in [3.8, 4) is 0 Å². The number of sulfonamides is 1. The maximum Gasteiger partial charge on any atom is 0.266 e. The second-order valence-electron chi connectivity index (χ2n) is 4.18. The number of anilines is 1. The second-order valence-corrected chi connectivity index (χ2v) is 5.84. The predicted molar refractivity (Wildman–Crippen MR) is 72.4 cm³/mol. The molecule has 0 radical (unpaired) electrons. The summed E-state index contributed by atoms with van der Waals surface area (Å²) in [6.07, 6.45) is 2.91. The van der Waals surface area contributed by atoms with Gasteiger partial charge in [0.2, 0.25) is 0 Å². The summed E-state index contributed by atoms with van der Waals surface area (Å²) in [7, 11) is -3.65. The van der Waals surface area contributed by atoms with Gasteiger partial charge in [-0.15, -0.1) is 0 Å². The highest BCUT2D eigenvalue weighted by atomic mass is 32.2. The summed E-state index contributed by atoms with van der Waals surface area (Å²) in [6, 6.07) is 3.56. The molecule has 0 aromatic carbocycles. The van der Waals surface area contributed by atoms with Crippen molar-refractivity contribution in [3.05, 3.63) is 35.8 Å². The molecule has 1 N–H and O–H groups in total. The first-order chi connectivity index (χ1) is 8.95. The third kappa shape index (κ3) is 2.60. The van der Waals surface area contributed by atoms with E-state index in [2.05, 4.69) is 14.8 Å². The molecule has 0 amide bonds. The summed E-state index contributed by atoms with van der Waals surface area (Å²) in [5.74, 6) is 0.339. The van der Waals surface area contributed by atoms with Gasteiger partial charge in [0.25, 0.3) is 10.0 Å². The Kier molecular flexibility index (Phi) is 3.57. The van der Waals surface area contributed by atoms with Gasteiger partial charge >= 0.3 is 0 Å². The van der Waals surface area contributed by atoms with E-state index in [4.69, 9.17) is 0 Å². The molecular weight excluding hydrogens is 264 g/mol. The lowest BCUT2D eigenvalue weighted by Crippen LogP contribution is -2.15. The molecule has 0 fully saturated rings. The van der Waals surface area contributed by atoms with Gasteiger partial charge in [-0.3, -0.25) is 9.40 Å². The maximum atomic E-state index is 12.3. The molecule has 0 bridgehead atoms. The Hall–Kier alpha value is -1.89. The fourth-order valence-electron chi connectivity index (χ4n) is 1.79. The SMILES string of the molecule is CCn1ncc(S(=O)(=O)Nc2ncccc2C)c1C. The highest BCUT2D eigenvalue weighted by Crippen LogP contribution is 2.19. The average Bonchev–Trinajstić information content (AvgIpc) is 2.74. The van der Waals surface area contributed by atoms with Crippen LogP contribution in [0.25, 0.3) is 0 Å². The van der Waals surface area contributed by atoms with Gasteiger partial charge in [0.1, 0.15) is 10.7 Å². The molecule has 0 atom stereocenters. The summed E-state index contributed by atoms with van der Waals surface area (Å²) < 4.78 is 28.7. The number of rotatable bonds is 4. The molecule has 7 heteroatoms. The predicted octanol–water partition coefficient (Wildman–Crippen LogP) is 1.72. The van der Waals surface area contributed by atoms with Crippen LogP contribution in [0.3, 0.4) is 0 Å². The molecule has 6 nitrogen and oxygen atoms in total. The molecular formula is C12H16N4O2S. The number of pyridine rings is 1. The summed E-state index contributed by atoms with van der Waals surface area (Å²) in [5, 5.41) is 4.04. The highest BCUT2D eigenvalue weighted by molar-refractivity contribution is 7.92. The molecule has 0 unspecified atom stereocenters. The highest BCUT2D eigenvalue weighted by Gasteiger charge is 2.21. The number of hydrogen-bond acceptors (Lipinski definition) is 4. The van der Waals surface area contributed by atoms with Gasteiger partial charge in [0, 0.05) is 12.7 Å². The fourth-order valence-corrected chi connectivity index (χ4v) is 3.05. The van der Waals surface area contributed by atoms with Gasteiger partial charge in [-0.2, -0.15) is 5.10 Å². The van der Waals surface area contributed by atoms with Crippen LogP contribution in [-0.4, -0.2) is 23.2 Å². The van der Waals surface area contributed by atoms with Crippen molar-refractivity contribution in [2.75, 3.05) is 4.72 Å². The smallest absolute Gasteiger partial charge is 0.266 e. The van der Waals surface area contributed by atoms with Crippen LogP contribution >= 0.6 is 0 Å². The Labute approximate surface area is 112 Å². The van der Waals surface area contributed by atoms with Gasteiger partial charge in [0.15, 0.2) is 0 Å². The standard InChI is InChI=1S/C12H16N4O2S/c1-4-16-10(3)11(8-14-16)19(17,18)15-12-9(2)6-5-7-13-12/h5-8H,4H2,1-3H3,(H,13,15). The summed E-state index contributed by atoms with van der Waals surface area (Å²) >= 11 is 0. The molecule has 0 saturated heterocycles. The van der Waals surface area contributed by atoms with E-state index < -0.39 is 10.0 Å². The number of nitrogens with one attached hydrogen (secondary N) is 1. The second kappa shape index (κ2) is 5.00. The van der Waals surface area contributed by atoms with Crippen LogP contribution in [0.4, 0.5) is 5.82 Å². The molecule has 0 aliphatic carbocycles. The lowest BCUT2D eigenvalue weighted by Gasteiger charge is -2.09. The normalized spacial score (nSPS) is 11.5. The van der Waals surface area contributed by atoms with Gasteiger partial charge in [-0.25, -0.2) is 13.4 Å². The molecule has 2 aromatic rings. The molecule has 2 rings (SSSR count). The Morgan fingerprint density at radius 1 is 1.37 bits per heavy atom. The molecule has 0 spiro atoms. The van der Waals surface area contributed by atoms with Crippen LogP contribution in [0.5, 0.6) is 0 Å². The van der Waals surface area contributed by atoms with Gasteiger partial charge in [0.05, 0.1) is 11.9 Å². The van der Waals surface area contributed by atoms with Crippen LogP contribution in [0, 0.1) is 13.8 Å². The molecule has 0 saturated carbocycles. The first-order valence-corrected chi connectivity index (χ1v) is 7.41. The average molecular weight is 280 g/mol. The molecule has 0 aliphatic rings. The molecule has 2 heterocycles. The zero-order valence-corrected chi connectivity index (χ0v) is 11.9. The van der Waals surface area contributed by atoms with Crippen molar-refractivity contribution < 1.29 is 8.42 Å². The van der Waals surface area contributed by atoms with E-state index in [1.54, 1.807) is 36.9 Å². The summed E-state index contributed by atoms with van der Waals surface area (Å²) in [4.78, 5) is 4.21. The Morgan fingerprint density at radius 2 is 2.11 bits per heavy atom. The fraction of sp³-hybridized carbons (Fsp3) is 0.333. The Bertz CT molecular complexity index is 692. The lowest BCUT2D eigenvalue weighted by molar-refractivity contribution is 0.598. The minimum atomic E-state index is -3.65. The van der Waals surface area contributed by atoms with Gasteiger partial charge in [-0.05, 0) is 32.4 Å². The van der Waals surface area contributed by atoms with Crippen LogP contribution in [-0.2, 0) is 16.6 Å². The van der Waals surface area contributed by atoms with Crippen molar-refractivity contribution in [2.24, 2.45) is 0 Å². The van der Waals surface area contributed by atoms with E-state index in [0.29, 0.717) is 18.1 Å². The third-order valence-electron chi connectivity index (χ3n) is 2.89. The van der Waals surface area contributed by atoms with Crippen molar-refractivity contribution in [3.63, 3.8) is 0 Å². The lowest BCUT2D eigenvalue weighted by atomic mass is 10.3. The summed E-state index contributed by atoms with van der Waals surface area (Å²) in [5.41, 5.74) is 1.38. The van der Waals surface area contributed by atoms with Gasteiger partial charge < -0.3 is 0 Å². The number of hydrogen-bond donors (Lipinski definition) is 1. The number of aryl methyl sites for hydroxylation is 2. The van der Waals surface area contributed by atoms with E-state index >= 15 is 0 Å². The molecule has 0 aliphatic heterocycles. The van der Waals surface area contributed by atoms with Crippen LogP contribution in [0.15, 0.2) is 29.4 Å². The number of aromatic nitrogens is 3. The third-order valence-corrected chi connectivity index (χ3v) is 4.33. The Balaban J connectivity index is 2.38. The summed E-state index contributed by atoms with van der Waals surface area (Å²) in [6.45, 7) is 6.07. The first-order valence-electron chi connectivity index (χ1n) is 5.92. The monoisotopic (exact) mass is 280 g/mol. The van der Waals surface area contributed by atoms with Crippen LogP contribution < -0.4 is 4.72 Å². The molecule has 19 heavy (non-hydrogen) atoms. The zero-order valence-electron chi connectivity index (χ0n) is 11.1. The molecule has 2 aromatic heterocycles. The van der Waals surface area contributed by atoms with Crippen molar-refractivity contribution >= 4 is 15.8 Å². The van der Waals surface area contributed by atoms with E-state index in [1.165, 1.54) is 6.20 Å². The topological polar surface area (TPSA) is 76.9 Å². The molecule has 102 valence electrons. The van der Waals surface area contributed by atoms with E-state index in [1.807, 2.05) is 6.92 Å². The zero-order chi connectivity index (χ0) is 14.0. The van der Waals surface area contributed by atoms with E-state index in [-0.39, 0.29) is 4.90 Å². The minimum absolute atomic E-state index is 0.180. The largest absolute Gasteiger partial charge is 0.269 e. The quantitative estimate of drug-likeness (QED) is 0.925. The Morgan fingerprint density at radius 3 is 2.68 bits per heavy atom. The van der Waals surface area contributed by atoms with Crippen molar-refractivity contribution in [1.82, 2.24) is 14.8 Å². The van der Waals surface area contributed by atoms with Crippen molar-refractivity contribution in [1.29, 1.82) is 0 Å².